The van der Waals surface area contributed by atoms with Gasteiger partial charge in [-0.2, -0.15) is 26.3 Å². The summed E-state index contributed by atoms with van der Waals surface area (Å²) >= 11 is 0. The third-order valence-corrected chi connectivity index (χ3v) is 8.09. The van der Waals surface area contributed by atoms with Crippen molar-refractivity contribution in [1.29, 1.82) is 0 Å². The number of hydrogen-bond acceptors (Lipinski definition) is 4. The molecule has 0 aliphatic heterocycles. The molecule has 0 radical (unpaired) electrons. The van der Waals surface area contributed by atoms with E-state index in [4.69, 9.17) is 8.83 Å². The first-order valence-electron chi connectivity index (χ1n) is 14.3. The largest absolute Gasteiger partial charge is 0.440 e. The lowest BCUT2D eigenvalue weighted by molar-refractivity contribution is -0.288. The van der Waals surface area contributed by atoms with E-state index in [1.807, 2.05) is 53.7 Å². The Kier molecular flexibility index (Phi) is 6.70. The summed E-state index contributed by atoms with van der Waals surface area (Å²) in [5.74, 6) is 0.658. The third-order valence-electron chi connectivity index (χ3n) is 8.09. The fourth-order valence-electron chi connectivity index (χ4n) is 5.60. The van der Waals surface area contributed by atoms with Gasteiger partial charge in [0.05, 0.1) is 0 Å². The van der Waals surface area contributed by atoms with Crippen molar-refractivity contribution >= 4 is 33.0 Å². The van der Waals surface area contributed by atoms with Gasteiger partial charge in [-0.1, -0.05) is 77.9 Å². The summed E-state index contributed by atoms with van der Waals surface area (Å²) in [4.78, 5) is 9.08. The smallest absolute Gasteiger partial charge is 0.411 e. The van der Waals surface area contributed by atoms with Crippen molar-refractivity contribution in [3.63, 3.8) is 0 Å². The molecule has 2 aromatic heterocycles. The molecule has 6 rings (SSSR count). The summed E-state index contributed by atoms with van der Waals surface area (Å²) in [5.41, 5.74) is -3.85. The highest BCUT2D eigenvalue weighted by atomic mass is 19.4. The zero-order chi connectivity index (χ0) is 32.7. The second-order valence-corrected chi connectivity index (χ2v) is 13.4. The van der Waals surface area contributed by atoms with Crippen LogP contribution in [0.5, 0.6) is 0 Å². The topological polar surface area (TPSA) is 52.1 Å². The van der Waals surface area contributed by atoms with Crippen molar-refractivity contribution < 1.29 is 35.2 Å². The molecule has 0 aliphatic rings. The molecule has 6 aromatic rings. The minimum absolute atomic E-state index is 0.0582. The molecular formula is C35H30F6N2O2. The van der Waals surface area contributed by atoms with Gasteiger partial charge in [-0.25, -0.2) is 9.97 Å². The zero-order valence-electron chi connectivity index (χ0n) is 25.4. The molecule has 4 nitrogen and oxygen atoms in total. The molecule has 4 aromatic carbocycles. The molecular weight excluding hydrogens is 594 g/mol. The summed E-state index contributed by atoms with van der Waals surface area (Å²) < 4.78 is 99.9. The van der Waals surface area contributed by atoms with Crippen LogP contribution in [0.25, 0.3) is 44.4 Å². The van der Waals surface area contributed by atoms with E-state index in [-0.39, 0.29) is 16.9 Å². The summed E-state index contributed by atoms with van der Waals surface area (Å²) in [7, 11) is 0. The Morgan fingerprint density at radius 2 is 0.956 bits per heavy atom. The number of oxazole rings is 2. The van der Waals surface area contributed by atoms with Crippen LogP contribution in [0, 0.1) is 0 Å². The van der Waals surface area contributed by atoms with Crippen LogP contribution in [-0.2, 0) is 16.2 Å². The Balaban J connectivity index is 1.42. The first-order chi connectivity index (χ1) is 20.8. The number of rotatable bonds is 3. The molecule has 0 saturated carbocycles. The first-order valence-corrected chi connectivity index (χ1v) is 14.3. The molecule has 0 amide bonds. The quantitative estimate of drug-likeness (QED) is 0.184. The van der Waals surface area contributed by atoms with Crippen LogP contribution in [0.2, 0.25) is 0 Å². The maximum atomic E-state index is 14.7. The lowest BCUT2D eigenvalue weighted by Crippen LogP contribution is -2.54. The monoisotopic (exact) mass is 624 g/mol. The van der Waals surface area contributed by atoms with E-state index in [0.717, 1.165) is 35.0 Å². The molecule has 234 valence electrons. The summed E-state index contributed by atoms with van der Waals surface area (Å²) in [6, 6.07) is 15.7. The van der Waals surface area contributed by atoms with Gasteiger partial charge in [0.15, 0.2) is 11.2 Å². The molecule has 0 atom stereocenters. The van der Waals surface area contributed by atoms with Crippen molar-refractivity contribution in [3.8, 4) is 11.5 Å². The fourth-order valence-corrected chi connectivity index (χ4v) is 5.60. The molecule has 2 heterocycles. The summed E-state index contributed by atoms with van der Waals surface area (Å²) in [5, 5.41) is 1.61. The number of halogens is 6. The highest BCUT2D eigenvalue weighted by Crippen LogP contribution is 2.56. The Morgan fingerprint density at radius 1 is 0.511 bits per heavy atom. The Morgan fingerprint density at radius 3 is 1.44 bits per heavy atom. The van der Waals surface area contributed by atoms with Gasteiger partial charge >= 0.3 is 12.4 Å². The maximum absolute atomic E-state index is 14.7. The second-order valence-electron chi connectivity index (χ2n) is 13.4. The van der Waals surface area contributed by atoms with E-state index in [0.29, 0.717) is 33.7 Å². The van der Waals surface area contributed by atoms with Crippen molar-refractivity contribution in [2.75, 3.05) is 0 Å². The molecule has 0 N–H and O–H groups in total. The maximum Gasteiger partial charge on any atom is 0.411 e. The minimum atomic E-state index is -5.69. The number of nitrogens with zero attached hydrogens (tertiary/aromatic N) is 2. The van der Waals surface area contributed by atoms with Crippen molar-refractivity contribution in [3.05, 3.63) is 95.4 Å². The van der Waals surface area contributed by atoms with Crippen LogP contribution in [0.3, 0.4) is 0 Å². The number of hydrogen-bond donors (Lipinski definition) is 0. The Hall–Kier alpha value is -4.34. The fraction of sp³-hybridized carbons (Fsp3) is 0.314. The van der Waals surface area contributed by atoms with Crippen LogP contribution >= 0.6 is 0 Å². The lowest BCUT2D eigenvalue weighted by atomic mass is 9.72. The summed E-state index contributed by atoms with van der Waals surface area (Å²) in [6.07, 6.45) is -11.4. The molecule has 0 saturated heterocycles. The van der Waals surface area contributed by atoms with Gasteiger partial charge in [-0.05, 0) is 69.3 Å². The molecule has 0 unspecified atom stereocenters. The average molecular weight is 625 g/mol. The number of fused-ring (bicyclic) bond motifs is 3. The van der Waals surface area contributed by atoms with E-state index in [1.54, 1.807) is 12.1 Å². The van der Waals surface area contributed by atoms with Gasteiger partial charge in [-0.3, -0.25) is 0 Å². The molecule has 10 heteroatoms. The lowest BCUT2D eigenvalue weighted by Gasteiger charge is -2.38. The number of alkyl halides is 6. The van der Waals surface area contributed by atoms with E-state index in [1.165, 1.54) is 24.3 Å². The van der Waals surface area contributed by atoms with Crippen LogP contribution in [0.1, 0.15) is 64.1 Å². The summed E-state index contributed by atoms with van der Waals surface area (Å²) in [6.45, 7) is 11.5. The van der Waals surface area contributed by atoms with Crippen LogP contribution in [0.4, 0.5) is 26.3 Å². The van der Waals surface area contributed by atoms with Gasteiger partial charge in [-0.15, -0.1) is 0 Å². The predicted molar refractivity (Wildman–Crippen MR) is 161 cm³/mol. The molecule has 0 fully saturated rings. The van der Waals surface area contributed by atoms with E-state index >= 15 is 0 Å². The van der Waals surface area contributed by atoms with Gasteiger partial charge < -0.3 is 8.83 Å². The standard InChI is InChI=1S/C35H30F6N2O2/c1-31(2,3)22-11-13-24(14-12-22)33(34(36,37)38,35(39,40)41)23-9-7-19(8-10-23)29-42-25-15-20-16-26-28(18-21(20)17-27(25)44-29)45-30(43-26)32(4,5)6/h7-18H,1-6H3. The van der Waals surface area contributed by atoms with Crippen molar-refractivity contribution in [2.45, 2.75) is 70.1 Å². The third kappa shape index (κ3) is 5.04. The van der Waals surface area contributed by atoms with Crippen molar-refractivity contribution in [1.82, 2.24) is 9.97 Å². The SMILES string of the molecule is CC(C)(C)c1ccc(C(c2ccc(-c3nc4cc5cc6nc(C(C)(C)C)oc6cc5cc4o3)cc2)(C(F)(F)F)C(F)(F)F)cc1. The predicted octanol–water partition coefficient (Wildman–Crippen LogP) is 10.8. The van der Waals surface area contributed by atoms with Gasteiger partial charge in [0.1, 0.15) is 11.0 Å². The highest BCUT2D eigenvalue weighted by molar-refractivity contribution is 6.00. The highest BCUT2D eigenvalue weighted by Gasteiger charge is 2.72. The molecule has 0 spiro atoms. The zero-order valence-corrected chi connectivity index (χ0v) is 25.4. The Bertz CT molecular complexity index is 1950. The molecule has 0 aliphatic carbocycles. The van der Waals surface area contributed by atoms with Gasteiger partial charge in [0, 0.05) is 11.0 Å². The number of aromatic nitrogens is 2. The van der Waals surface area contributed by atoms with Gasteiger partial charge in [0.2, 0.25) is 17.2 Å². The average Bonchev–Trinajstić information content (AvgIpc) is 3.53. The van der Waals surface area contributed by atoms with Crippen molar-refractivity contribution in [2.24, 2.45) is 0 Å². The van der Waals surface area contributed by atoms with E-state index in [2.05, 4.69) is 9.97 Å². The first kappa shape index (κ1) is 30.7. The Labute approximate surface area is 255 Å². The van der Waals surface area contributed by atoms with E-state index < -0.39 is 34.3 Å². The normalized spacial score (nSPS) is 13.8. The van der Waals surface area contributed by atoms with E-state index in [9.17, 15) is 26.3 Å². The second kappa shape index (κ2) is 9.83. The number of benzene rings is 4. The van der Waals surface area contributed by atoms with Gasteiger partial charge in [0.25, 0.3) is 0 Å². The minimum Gasteiger partial charge on any atom is -0.440 e. The molecule has 45 heavy (non-hydrogen) atoms. The van der Waals surface area contributed by atoms with Crippen LogP contribution in [0.15, 0.2) is 81.6 Å². The molecule has 0 bridgehead atoms. The van der Waals surface area contributed by atoms with Crippen LogP contribution < -0.4 is 0 Å². The van der Waals surface area contributed by atoms with Crippen LogP contribution in [-0.4, -0.2) is 22.3 Å².